The molecule has 0 bridgehead atoms. The van der Waals surface area contributed by atoms with E-state index >= 15 is 0 Å². The number of nitrogens with one attached hydrogen (secondary N) is 1. The number of amides is 1. The summed E-state index contributed by atoms with van der Waals surface area (Å²) < 4.78 is 9.07. The van der Waals surface area contributed by atoms with E-state index in [1.165, 1.54) is 6.33 Å². The summed E-state index contributed by atoms with van der Waals surface area (Å²) >= 11 is 0. The number of nitrogens with two attached hydrogens (primary N) is 1. The van der Waals surface area contributed by atoms with E-state index in [-0.39, 0.29) is 18.0 Å². The topological polar surface area (TPSA) is 174 Å². The molecule has 0 aromatic carbocycles. The molecular formula is C21H27N7O5. The fourth-order valence-electron chi connectivity index (χ4n) is 4.66. The zero-order valence-corrected chi connectivity index (χ0v) is 18.1. The number of nitrogens with zero attached hydrogens (tertiary/aromatic N) is 5. The maximum absolute atomic E-state index is 12.8. The smallest absolute Gasteiger partial charge is 0.252 e. The molecule has 4 atom stereocenters. The van der Waals surface area contributed by atoms with Gasteiger partial charge in [-0.25, -0.2) is 9.97 Å². The molecule has 3 aromatic rings. The van der Waals surface area contributed by atoms with Crippen LogP contribution in [0.25, 0.3) is 22.3 Å². The van der Waals surface area contributed by atoms with Gasteiger partial charge in [-0.15, -0.1) is 0 Å². The van der Waals surface area contributed by atoms with Crippen LogP contribution >= 0.6 is 0 Å². The van der Waals surface area contributed by atoms with Gasteiger partial charge in [0.05, 0.1) is 17.2 Å². The molecule has 176 valence electrons. The van der Waals surface area contributed by atoms with E-state index in [9.17, 15) is 20.1 Å². The van der Waals surface area contributed by atoms with Crippen molar-refractivity contribution in [2.75, 3.05) is 5.73 Å². The van der Waals surface area contributed by atoms with Crippen molar-refractivity contribution in [1.29, 1.82) is 0 Å². The Hall–Kier alpha value is -3.06. The molecule has 1 saturated carbocycles. The van der Waals surface area contributed by atoms with E-state index in [2.05, 4.69) is 20.4 Å². The molecule has 12 heteroatoms. The van der Waals surface area contributed by atoms with E-state index in [4.69, 9.17) is 10.5 Å². The number of aliphatic hydroxyl groups is 3. The minimum absolute atomic E-state index is 0.108. The number of fused-ring (bicyclic) bond motifs is 1. The first kappa shape index (κ1) is 21.8. The van der Waals surface area contributed by atoms with E-state index in [0.717, 1.165) is 0 Å². The predicted octanol–water partition coefficient (Wildman–Crippen LogP) is -0.547. The molecule has 33 heavy (non-hydrogen) atoms. The first-order valence-electron chi connectivity index (χ1n) is 10.9. The molecule has 1 aliphatic heterocycles. The number of aromatic nitrogens is 5. The Morgan fingerprint density at radius 2 is 1.94 bits per heavy atom. The second-order valence-electron chi connectivity index (χ2n) is 8.72. The van der Waals surface area contributed by atoms with E-state index in [0.29, 0.717) is 48.0 Å². The molecule has 2 aliphatic rings. The standard InChI is InChI=1S/C21H27N7O5/c1-27-7-6-13(26-27)12-8-28(19-14(12)18(22)23-9-24-19)21-16(31)15(30)17(33-21)20(32)25-10-2-4-11(29)5-3-10/h6-11,15-17,21,29-31H,2-5H2,1H3,(H,25,32)(H2,22,23,24)/t10?,11?,15-,16+,17-,21+/m0/s1. The van der Waals surface area contributed by atoms with Crippen molar-refractivity contribution >= 4 is 22.8 Å². The lowest BCUT2D eigenvalue weighted by Crippen LogP contribution is -2.47. The number of aliphatic hydroxyl groups excluding tert-OH is 3. The number of nitrogen functional groups attached to an aromatic ring is 1. The first-order chi connectivity index (χ1) is 15.8. The van der Waals surface area contributed by atoms with Gasteiger partial charge in [0, 0.05) is 31.0 Å². The van der Waals surface area contributed by atoms with Crippen LogP contribution in [0.15, 0.2) is 24.8 Å². The van der Waals surface area contributed by atoms with Gasteiger partial charge in [-0.1, -0.05) is 0 Å². The van der Waals surface area contributed by atoms with Crippen molar-refractivity contribution in [3.8, 4) is 11.3 Å². The van der Waals surface area contributed by atoms with Crippen molar-refractivity contribution in [1.82, 2.24) is 29.6 Å². The molecule has 6 N–H and O–H groups in total. The fraction of sp³-hybridized carbons (Fsp3) is 0.524. The molecular weight excluding hydrogens is 430 g/mol. The van der Waals surface area contributed by atoms with Gasteiger partial charge in [0.15, 0.2) is 12.3 Å². The van der Waals surface area contributed by atoms with Gasteiger partial charge in [-0.2, -0.15) is 5.10 Å². The number of hydrogen-bond acceptors (Lipinski definition) is 9. The van der Waals surface area contributed by atoms with Crippen LogP contribution in [0.5, 0.6) is 0 Å². The maximum atomic E-state index is 12.8. The third-order valence-electron chi connectivity index (χ3n) is 6.44. The summed E-state index contributed by atoms with van der Waals surface area (Å²) in [7, 11) is 1.79. The quantitative estimate of drug-likeness (QED) is 0.344. The lowest BCUT2D eigenvalue weighted by molar-refractivity contribution is -0.138. The third-order valence-corrected chi connectivity index (χ3v) is 6.44. The zero-order valence-electron chi connectivity index (χ0n) is 18.1. The van der Waals surface area contributed by atoms with Gasteiger partial charge < -0.3 is 35.7 Å². The molecule has 0 radical (unpaired) electrons. The van der Waals surface area contributed by atoms with Gasteiger partial charge in [-0.3, -0.25) is 9.48 Å². The first-order valence-corrected chi connectivity index (χ1v) is 10.9. The molecule has 1 aliphatic carbocycles. The molecule has 12 nitrogen and oxygen atoms in total. The van der Waals surface area contributed by atoms with Crippen LogP contribution in [-0.2, 0) is 16.6 Å². The molecule has 2 fully saturated rings. The maximum Gasteiger partial charge on any atom is 0.252 e. The van der Waals surface area contributed by atoms with Crippen LogP contribution in [0.4, 0.5) is 5.82 Å². The number of carbonyl (C=O) groups is 1. The minimum Gasteiger partial charge on any atom is -0.393 e. The number of rotatable bonds is 4. The fourth-order valence-corrected chi connectivity index (χ4v) is 4.66. The minimum atomic E-state index is -1.43. The van der Waals surface area contributed by atoms with Gasteiger partial charge in [0.1, 0.15) is 30.0 Å². The summed E-state index contributed by atoms with van der Waals surface area (Å²) in [6, 6.07) is 1.70. The lowest BCUT2D eigenvalue weighted by atomic mass is 9.93. The molecule has 4 heterocycles. The highest BCUT2D eigenvalue weighted by Gasteiger charge is 2.48. The number of ether oxygens (including phenoxy) is 1. The number of anilines is 1. The van der Waals surface area contributed by atoms with Crippen LogP contribution in [0.1, 0.15) is 31.9 Å². The number of carbonyl (C=O) groups excluding carboxylic acids is 1. The Kier molecular flexibility index (Phi) is 5.52. The summed E-state index contributed by atoms with van der Waals surface area (Å²) in [5.74, 6) is -0.262. The zero-order chi connectivity index (χ0) is 23.3. The third kappa shape index (κ3) is 3.84. The largest absolute Gasteiger partial charge is 0.393 e. The highest BCUT2D eigenvalue weighted by Crippen LogP contribution is 2.38. The van der Waals surface area contributed by atoms with Crippen LogP contribution < -0.4 is 11.1 Å². The average molecular weight is 457 g/mol. The Bertz CT molecular complexity index is 1170. The second-order valence-corrected chi connectivity index (χ2v) is 8.72. The van der Waals surface area contributed by atoms with Crippen molar-refractivity contribution in [2.45, 2.75) is 62.4 Å². The van der Waals surface area contributed by atoms with Crippen molar-refractivity contribution in [3.63, 3.8) is 0 Å². The van der Waals surface area contributed by atoms with Gasteiger partial charge in [0.25, 0.3) is 5.91 Å². The van der Waals surface area contributed by atoms with Crippen LogP contribution in [0.2, 0.25) is 0 Å². The summed E-state index contributed by atoms with van der Waals surface area (Å²) in [6.07, 6.45) is 1.80. The normalized spacial score (nSPS) is 30.1. The van der Waals surface area contributed by atoms with E-state index in [1.807, 2.05) is 6.07 Å². The Morgan fingerprint density at radius 3 is 2.64 bits per heavy atom. The van der Waals surface area contributed by atoms with E-state index < -0.39 is 30.4 Å². The SMILES string of the molecule is Cn1ccc(-c2cn([C@@H]3O[C@H](C(=O)NC4CCC(O)CC4)[C@@H](O)[C@H]3O)c3ncnc(N)c23)n1. The van der Waals surface area contributed by atoms with Crippen molar-refractivity contribution in [2.24, 2.45) is 7.05 Å². The lowest BCUT2D eigenvalue weighted by Gasteiger charge is -2.27. The molecule has 1 amide bonds. The monoisotopic (exact) mass is 457 g/mol. The average Bonchev–Trinajstić information content (AvgIpc) is 3.47. The number of aryl methyl sites for hydroxylation is 1. The van der Waals surface area contributed by atoms with Crippen molar-refractivity contribution < 1.29 is 24.9 Å². The Labute approximate surface area is 189 Å². The van der Waals surface area contributed by atoms with Crippen LogP contribution in [0.3, 0.4) is 0 Å². The highest BCUT2D eigenvalue weighted by molar-refractivity contribution is 5.99. The van der Waals surface area contributed by atoms with Crippen LogP contribution in [0, 0.1) is 0 Å². The summed E-state index contributed by atoms with van der Waals surface area (Å²) in [6.45, 7) is 0. The molecule has 1 saturated heterocycles. The summed E-state index contributed by atoms with van der Waals surface area (Å²) in [4.78, 5) is 21.2. The van der Waals surface area contributed by atoms with Gasteiger partial charge in [-0.05, 0) is 31.7 Å². The second kappa shape index (κ2) is 8.37. The van der Waals surface area contributed by atoms with Crippen molar-refractivity contribution in [3.05, 3.63) is 24.8 Å². The van der Waals surface area contributed by atoms with Gasteiger partial charge in [0.2, 0.25) is 0 Å². The Balaban J connectivity index is 1.44. The Morgan fingerprint density at radius 1 is 1.18 bits per heavy atom. The molecule has 0 spiro atoms. The van der Waals surface area contributed by atoms with Crippen LogP contribution in [-0.4, -0.2) is 76.0 Å². The molecule has 0 unspecified atom stereocenters. The van der Waals surface area contributed by atoms with Gasteiger partial charge >= 0.3 is 0 Å². The summed E-state index contributed by atoms with van der Waals surface area (Å²) in [5, 5.41) is 38.9. The molecule has 5 rings (SSSR count). The number of hydrogen-bond donors (Lipinski definition) is 5. The highest BCUT2D eigenvalue weighted by atomic mass is 16.6. The van der Waals surface area contributed by atoms with E-state index in [1.54, 1.807) is 28.7 Å². The predicted molar refractivity (Wildman–Crippen MR) is 116 cm³/mol. The molecule has 3 aromatic heterocycles. The summed E-state index contributed by atoms with van der Waals surface area (Å²) in [5.41, 5.74) is 7.79.